The van der Waals surface area contributed by atoms with E-state index in [2.05, 4.69) is 5.32 Å². The summed E-state index contributed by atoms with van der Waals surface area (Å²) in [5.41, 5.74) is 0.913. The smallest absolute Gasteiger partial charge is 0.122 e. The molecule has 11 heavy (non-hydrogen) atoms. The molecule has 2 aliphatic rings. The molecule has 2 rings (SSSR count). The Morgan fingerprint density at radius 2 is 2.45 bits per heavy atom. The second-order valence-electron chi connectivity index (χ2n) is 2.54. The Labute approximate surface area is 65.3 Å². The van der Waals surface area contributed by atoms with Crippen molar-refractivity contribution in [3.8, 4) is 0 Å². The van der Waals surface area contributed by atoms with Gasteiger partial charge in [0, 0.05) is 12.4 Å². The number of aliphatic hydroxyl groups is 1. The van der Waals surface area contributed by atoms with E-state index in [1.165, 1.54) is 0 Å². The number of nitrogens with one attached hydrogen (secondary N) is 1. The predicted molar refractivity (Wildman–Crippen MR) is 42.2 cm³/mol. The van der Waals surface area contributed by atoms with Crippen molar-refractivity contribution >= 4 is 0 Å². The largest absolute Gasteiger partial charge is 0.390 e. The van der Waals surface area contributed by atoms with Crippen molar-refractivity contribution in [2.45, 2.75) is 6.17 Å². The molecule has 0 saturated carbocycles. The fourth-order valence-electron chi connectivity index (χ4n) is 1.29. The molecule has 2 N–H and O–H groups in total. The van der Waals surface area contributed by atoms with Gasteiger partial charge >= 0.3 is 0 Å². The van der Waals surface area contributed by atoms with Crippen molar-refractivity contribution in [1.29, 1.82) is 0 Å². The van der Waals surface area contributed by atoms with Crippen molar-refractivity contribution in [3.05, 3.63) is 36.3 Å². The van der Waals surface area contributed by atoms with Crippen LogP contribution in [0.5, 0.6) is 0 Å². The van der Waals surface area contributed by atoms with Crippen molar-refractivity contribution in [2.24, 2.45) is 0 Å². The molecule has 0 bridgehead atoms. The zero-order valence-electron chi connectivity index (χ0n) is 6.07. The highest BCUT2D eigenvalue weighted by molar-refractivity contribution is 5.23. The molecular weight excluding hydrogens is 140 g/mol. The lowest BCUT2D eigenvalue weighted by molar-refractivity contribution is 0.279. The third-order valence-corrected chi connectivity index (χ3v) is 1.87. The summed E-state index contributed by atoms with van der Waals surface area (Å²) in [6.45, 7) is 0.0850. The van der Waals surface area contributed by atoms with Gasteiger partial charge in [-0.2, -0.15) is 0 Å². The molecule has 0 amide bonds. The molecule has 0 fully saturated rings. The monoisotopic (exact) mass is 150 g/mol. The Kier molecular flexibility index (Phi) is 1.43. The molecule has 0 radical (unpaired) electrons. The summed E-state index contributed by atoms with van der Waals surface area (Å²) < 4.78 is 0. The number of hydrogen-bond donors (Lipinski definition) is 2. The second-order valence-corrected chi connectivity index (χ2v) is 2.54. The van der Waals surface area contributed by atoms with Crippen LogP contribution in [0, 0.1) is 0 Å². The number of aliphatic hydroxyl groups excluding tert-OH is 1. The molecule has 2 heterocycles. The maximum atomic E-state index is 8.90. The topological polar surface area (TPSA) is 35.5 Å². The number of allylic oxidation sites excluding steroid dienone is 2. The van der Waals surface area contributed by atoms with Crippen LogP contribution in [0.15, 0.2) is 36.3 Å². The molecule has 0 aliphatic carbocycles. The molecule has 0 aromatic carbocycles. The Morgan fingerprint density at radius 1 is 1.55 bits per heavy atom. The van der Waals surface area contributed by atoms with Crippen LogP contribution < -0.4 is 5.32 Å². The molecule has 0 unspecified atom stereocenters. The van der Waals surface area contributed by atoms with E-state index in [1.54, 1.807) is 0 Å². The highest BCUT2D eigenvalue weighted by atomic mass is 16.3. The molecule has 0 aromatic heterocycles. The van der Waals surface area contributed by atoms with Gasteiger partial charge in [-0.25, -0.2) is 0 Å². The van der Waals surface area contributed by atoms with Gasteiger partial charge in [-0.3, -0.25) is 0 Å². The minimum absolute atomic E-state index is 0.0850. The van der Waals surface area contributed by atoms with Gasteiger partial charge in [0.15, 0.2) is 0 Å². The normalized spacial score (nSPS) is 26.5. The number of hydrogen-bond acceptors (Lipinski definition) is 3. The van der Waals surface area contributed by atoms with Crippen molar-refractivity contribution in [2.75, 3.05) is 6.61 Å². The average molecular weight is 150 g/mol. The number of fused-ring (bicyclic) bond motifs is 1. The van der Waals surface area contributed by atoms with Crippen LogP contribution in [0.3, 0.4) is 0 Å². The van der Waals surface area contributed by atoms with E-state index in [9.17, 15) is 0 Å². The summed E-state index contributed by atoms with van der Waals surface area (Å²) >= 11 is 0. The molecule has 58 valence electrons. The summed E-state index contributed by atoms with van der Waals surface area (Å²) in [7, 11) is 0. The van der Waals surface area contributed by atoms with Crippen LogP contribution in [0.2, 0.25) is 0 Å². The van der Waals surface area contributed by atoms with Crippen LogP contribution in [0.25, 0.3) is 0 Å². The molecule has 3 nitrogen and oxygen atoms in total. The quantitative estimate of drug-likeness (QED) is 0.558. The highest BCUT2D eigenvalue weighted by Crippen LogP contribution is 2.17. The van der Waals surface area contributed by atoms with Crippen LogP contribution in [-0.2, 0) is 0 Å². The maximum absolute atomic E-state index is 8.90. The molecule has 1 atom stereocenters. The number of nitrogens with zero attached hydrogens (tertiary/aromatic N) is 1. The van der Waals surface area contributed by atoms with Gasteiger partial charge in [-0.1, -0.05) is 6.08 Å². The van der Waals surface area contributed by atoms with Gasteiger partial charge < -0.3 is 15.3 Å². The molecule has 0 aromatic rings. The lowest BCUT2D eigenvalue weighted by Crippen LogP contribution is -2.32. The van der Waals surface area contributed by atoms with Crippen LogP contribution >= 0.6 is 0 Å². The van der Waals surface area contributed by atoms with Gasteiger partial charge in [0.1, 0.15) is 6.17 Å². The third-order valence-electron chi connectivity index (χ3n) is 1.87. The van der Waals surface area contributed by atoms with E-state index in [4.69, 9.17) is 5.11 Å². The van der Waals surface area contributed by atoms with E-state index in [-0.39, 0.29) is 12.8 Å². The first-order valence-electron chi connectivity index (χ1n) is 3.61. The Hall–Kier alpha value is -1.22. The molecule has 0 spiro atoms. The summed E-state index contributed by atoms with van der Waals surface area (Å²) in [4.78, 5) is 2.00. The Balaban J connectivity index is 2.20. The standard InChI is InChI=1S/C8H10N2O/c11-6-7-5-9-8-3-1-2-4-10(7)8/h1-5,8-9,11H,6H2/t8-/m0/s1. The van der Waals surface area contributed by atoms with Crippen molar-refractivity contribution in [3.63, 3.8) is 0 Å². The second kappa shape index (κ2) is 2.43. The minimum atomic E-state index is 0.0850. The van der Waals surface area contributed by atoms with Gasteiger partial charge in [-0.15, -0.1) is 0 Å². The summed E-state index contributed by atoms with van der Waals surface area (Å²) in [5.74, 6) is 0. The first-order chi connectivity index (χ1) is 5.42. The Bertz CT molecular complexity index is 242. The fourth-order valence-corrected chi connectivity index (χ4v) is 1.29. The first kappa shape index (κ1) is 6.49. The van der Waals surface area contributed by atoms with Gasteiger partial charge in [0.2, 0.25) is 0 Å². The third kappa shape index (κ3) is 0.935. The maximum Gasteiger partial charge on any atom is 0.122 e. The predicted octanol–water partition coefficient (Wildman–Crippen LogP) is 0.135. The average Bonchev–Trinajstić information content (AvgIpc) is 2.47. The summed E-state index contributed by atoms with van der Waals surface area (Å²) in [6, 6.07) is 0. The van der Waals surface area contributed by atoms with Crippen LogP contribution in [-0.4, -0.2) is 22.8 Å². The molecular formula is C8H10N2O. The lowest BCUT2D eigenvalue weighted by Gasteiger charge is -2.24. The van der Waals surface area contributed by atoms with Gasteiger partial charge in [0.05, 0.1) is 12.3 Å². The molecule has 0 saturated heterocycles. The van der Waals surface area contributed by atoms with E-state index in [0.29, 0.717) is 0 Å². The van der Waals surface area contributed by atoms with Crippen molar-refractivity contribution in [1.82, 2.24) is 10.2 Å². The zero-order chi connectivity index (χ0) is 7.68. The van der Waals surface area contributed by atoms with E-state index in [0.717, 1.165) is 5.70 Å². The van der Waals surface area contributed by atoms with E-state index < -0.39 is 0 Å². The van der Waals surface area contributed by atoms with Crippen LogP contribution in [0.1, 0.15) is 0 Å². The SMILES string of the molecule is OCC1=CN[C@@H]2C=CC=CN12. The van der Waals surface area contributed by atoms with Crippen molar-refractivity contribution < 1.29 is 5.11 Å². The number of rotatable bonds is 1. The first-order valence-corrected chi connectivity index (χ1v) is 3.61. The fraction of sp³-hybridized carbons (Fsp3) is 0.250. The van der Waals surface area contributed by atoms with Gasteiger partial charge in [-0.05, 0) is 12.2 Å². The minimum Gasteiger partial charge on any atom is -0.390 e. The van der Waals surface area contributed by atoms with Crippen LogP contribution in [0.4, 0.5) is 0 Å². The Morgan fingerprint density at radius 3 is 3.27 bits per heavy atom. The van der Waals surface area contributed by atoms with Gasteiger partial charge in [0.25, 0.3) is 0 Å². The summed E-state index contributed by atoms with van der Waals surface area (Å²) in [6.07, 6.45) is 9.98. The summed E-state index contributed by atoms with van der Waals surface area (Å²) in [5, 5.41) is 12.0. The lowest BCUT2D eigenvalue weighted by atomic mass is 10.3. The van der Waals surface area contributed by atoms with E-state index >= 15 is 0 Å². The van der Waals surface area contributed by atoms with E-state index in [1.807, 2.05) is 35.5 Å². The molecule has 3 heteroatoms. The highest BCUT2D eigenvalue weighted by Gasteiger charge is 2.21. The molecule has 2 aliphatic heterocycles. The zero-order valence-corrected chi connectivity index (χ0v) is 6.07.